The number of rotatable bonds is 4. The van der Waals surface area contributed by atoms with Gasteiger partial charge in [-0.2, -0.15) is 0 Å². The lowest BCUT2D eigenvalue weighted by molar-refractivity contribution is 0.139. The van der Waals surface area contributed by atoms with Crippen LogP contribution in [0.1, 0.15) is 31.4 Å². The van der Waals surface area contributed by atoms with E-state index in [2.05, 4.69) is 17.0 Å². The molecule has 1 aromatic carbocycles. The Morgan fingerprint density at radius 1 is 1.42 bits per heavy atom. The highest BCUT2D eigenvalue weighted by Gasteiger charge is 2.20. The van der Waals surface area contributed by atoms with Crippen LogP contribution < -0.4 is 10.6 Å². The molecule has 0 spiro atoms. The number of ether oxygens (including phenoxy) is 1. The molecule has 2 rings (SSSR count). The van der Waals surface area contributed by atoms with E-state index in [1.807, 2.05) is 13.0 Å². The molecular formula is C15H23ClN2O. The molecule has 1 aromatic rings. The number of nitrogens with zero attached hydrogens (tertiary/aromatic N) is 1. The normalized spacial score (nSPS) is 18.6. The largest absolute Gasteiger partial charge is 0.384 e. The Morgan fingerprint density at radius 2 is 2.11 bits per heavy atom. The summed E-state index contributed by atoms with van der Waals surface area (Å²) in [6.07, 6.45) is 2.33. The summed E-state index contributed by atoms with van der Waals surface area (Å²) in [7, 11) is 1.77. The van der Waals surface area contributed by atoms with Crippen LogP contribution >= 0.6 is 11.6 Å². The summed E-state index contributed by atoms with van der Waals surface area (Å²) in [4.78, 5) is 2.36. The van der Waals surface area contributed by atoms with Gasteiger partial charge in [0.15, 0.2) is 0 Å². The first-order valence-electron chi connectivity index (χ1n) is 6.90. The molecule has 0 unspecified atom stereocenters. The van der Waals surface area contributed by atoms with Crippen molar-refractivity contribution in [1.29, 1.82) is 0 Å². The average molecular weight is 283 g/mol. The Hall–Kier alpha value is -0.770. The molecule has 0 amide bonds. The molecule has 0 aliphatic carbocycles. The summed E-state index contributed by atoms with van der Waals surface area (Å²) in [6, 6.07) is 6.19. The smallest absolute Gasteiger partial charge is 0.0642 e. The van der Waals surface area contributed by atoms with Gasteiger partial charge in [-0.05, 0) is 43.4 Å². The van der Waals surface area contributed by atoms with E-state index in [1.165, 1.54) is 12.8 Å². The van der Waals surface area contributed by atoms with Crippen LogP contribution in [-0.2, 0) is 4.74 Å². The molecule has 0 bridgehead atoms. The van der Waals surface area contributed by atoms with E-state index in [0.717, 1.165) is 36.0 Å². The van der Waals surface area contributed by atoms with E-state index in [1.54, 1.807) is 7.11 Å². The minimum Gasteiger partial charge on any atom is -0.384 e. The number of hydrogen-bond donors (Lipinski definition) is 1. The fraction of sp³-hybridized carbons (Fsp3) is 0.600. The molecule has 0 radical (unpaired) electrons. The third-order valence-electron chi connectivity index (χ3n) is 3.86. The number of anilines is 1. The van der Waals surface area contributed by atoms with E-state index in [0.29, 0.717) is 5.92 Å². The molecule has 106 valence electrons. The molecule has 0 aromatic heterocycles. The van der Waals surface area contributed by atoms with E-state index in [-0.39, 0.29) is 6.04 Å². The van der Waals surface area contributed by atoms with Crippen LogP contribution in [0.3, 0.4) is 0 Å². The summed E-state index contributed by atoms with van der Waals surface area (Å²) < 4.78 is 5.23. The third kappa shape index (κ3) is 3.62. The first kappa shape index (κ1) is 14.6. The molecule has 1 aliphatic rings. The Balaban J connectivity index is 2.03. The summed E-state index contributed by atoms with van der Waals surface area (Å²) in [5.74, 6) is 0.684. The van der Waals surface area contributed by atoms with Crippen molar-refractivity contribution in [2.75, 3.05) is 31.7 Å². The maximum absolute atomic E-state index is 6.38. The van der Waals surface area contributed by atoms with E-state index >= 15 is 0 Å². The van der Waals surface area contributed by atoms with Crippen molar-refractivity contribution in [3.05, 3.63) is 28.8 Å². The van der Waals surface area contributed by atoms with Crippen LogP contribution in [0.2, 0.25) is 5.02 Å². The molecule has 4 heteroatoms. The quantitative estimate of drug-likeness (QED) is 0.921. The average Bonchev–Trinajstić information content (AvgIpc) is 2.40. The molecule has 0 saturated carbocycles. The molecule has 3 nitrogen and oxygen atoms in total. The highest BCUT2D eigenvalue weighted by molar-refractivity contribution is 6.33. The second-order valence-electron chi connectivity index (χ2n) is 5.39. The van der Waals surface area contributed by atoms with Gasteiger partial charge in [0, 0.05) is 32.8 Å². The van der Waals surface area contributed by atoms with Crippen molar-refractivity contribution in [2.45, 2.75) is 25.8 Å². The van der Waals surface area contributed by atoms with Crippen molar-refractivity contribution in [3.8, 4) is 0 Å². The zero-order chi connectivity index (χ0) is 13.8. The van der Waals surface area contributed by atoms with Crippen LogP contribution in [0, 0.1) is 5.92 Å². The van der Waals surface area contributed by atoms with Gasteiger partial charge in [-0.15, -0.1) is 0 Å². The summed E-state index contributed by atoms with van der Waals surface area (Å²) >= 11 is 6.38. The van der Waals surface area contributed by atoms with Crippen molar-refractivity contribution >= 4 is 17.3 Å². The van der Waals surface area contributed by atoms with Gasteiger partial charge in [0.25, 0.3) is 0 Å². The molecule has 1 saturated heterocycles. The van der Waals surface area contributed by atoms with E-state index in [4.69, 9.17) is 22.1 Å². The van der Waals surface area contributed by atoms with Crippen molar-refractivity contribution in [1.82, 2.24) is 0 Å². The van der Waals surface area contributed by atoms with Gasteiger partial charge in [0.2, 0.25) is 0 Å². The van der Waals surface area contributed by atoms with Crippen molar-refractivity contribution in [2.24, 2.45) is 11.7 Å². The first-order chi connectivity index (χ1) is 9.11. The number of halogens is 1. The zero-order valence-electron chi connectivity index (χ0n) is 11.7. The molecular weight excluding hydrogens is 260 g/mol. The fourth-order valence-corrected chi connectivity index (χ4v) is 2.95. The summed E-state index contributed by atoms with van der Waals surface area (Å²) in [6.45, 7) is 4.93. The second kappa shape index (κ2) is 6.60. The van der Waals surface area contributed by atoms with Gasteiger partial charge in [0.1, 0.15) is 0 Å². The van der Waals surface area contributed by atoms with Crippen LogP contribution in [0.25, 0.3) is 0 Å². The number of nitrogens with two attached hydrogens (primary N) is 1. The zero-order valence-corrected chi connectivity index (χ0v) is 12.5. The highest BCUT2D eigenvalue weighted by Crippen LogP contribution is 2.31. The van der Waals surface area contributed by atoms with Crippen LogP contribution in [0.5, 0.6) is 0 Å². The Labute approximate surface area is 120 Å². The standard InChI is InChI=1S/C15H23ClN2O/c1-11(17)13-3-4-15(14(16)9-13)18-7-5-12(6-8-18)10-19-2/h3-4,9,11-12H,5-8,10,17H2,1-2H3/t11-/m0/s1. The maximum atomic E-state index is 6.38. The number of piperidine rings is 1. The predicted molar refractivity (Wildman–Crippen MR) is 80.9 cm³/mol. The van der Waals surface area contributed by atoms with E-state index < -0.39 is 0 Å². The molecule has 2 N–H and O–H groups in total. The third-order valence-corrected chi connectivity index (χ3v) is 4.16. The number of hydrogen-bond acceptors (Lipinski definition) is 3. The van der Waals surface area contributed by atoms with Gasteiger partial charge >= 0.3 is 0 Å². The predicted octanol–water partition coefficient (Wildman–Crippen LogP) is 3.22. The molecule has 1 atom stereocenters. The van der Waals surface area contributed by atoms with Gasteiger partial charge in [-0.1, -0.05) is 17.7 Å². The lowest BCUT2D eigenvalue weighted by Crippen LogP contribution is -2.35. The van der Waals surface area contributed by atoms with Gasteiger partial charge in [-0.3, -0.25) is 0 Å². The monoisotopic (exact) mass is 282 g/mol. The maximum Gasteiger partial charge on any atom is 0.0642 e. The van der Waals surface area contributed by atoms with Crippen LogP contribution in [0.4, 0.5) is 5.69 Å². The lowest BCUT2D eigenvalue weighted by Gasteiger charge is -2.34. The Kier molecular flexibility index (Phi) is 5.08. The van der Waals surface area contributed by atoms with Crippen LogP contribution in [0.15, 0.2) is 18.2 Å². The second-order valence-corrected chi connectivity index (χ2v) is 5.79. The fourth-order valence-electron chi connectivity index (χ4n) is 2.64. The van der Waals surface area contributed by atoms with Crippen LogP contribution in [-0.4, -0.2) is 26.8 Å². The minimum absolute atomic E-state index is 0.0268. The SMILES string of the molecule is COCC1CCN(c2ccc([C@H](C)N)cc2Cl)CC1. The lowest BCUT2D eigenvalue weighted by atomic mass is 9.97. The molecule has 19 heavy (non-hydrogen) atoms. The van der Waals surface area contributed by atoms with Gasteiger partial charge in [-0.25, -0.2) is 0 Å². The van der Waals surface area contributed by atoms with Gasteiger partial charge < -0.3 is 15.4 Å². The van der Waals surface area contributed by atoms with Crippen molar-refractivity contribution < 1.29 is 4.74 Å². The number of benzene rings is 1. The minimum atomic E-state index is 0.0268. The van der Waals surface area contributed by atoms with E-state index in [9.17, 15) is 0 Å². The Bertz CT molecular complexity index is 415. The summed E-state index contributed by atoms with van der Waals surface area (Å²) in [5.41, 5.74) is 8.09. The van der Waals surface area contributed by atoms with Gasteiger partial charge in [0.05, 0.1) is 10.7 Å². The first-order valence-corrected chi connectivity index (χ1v) is 7.28. The summed E-state index contributed by atoms with van der Waals surface area (Å²) in [5, 5.41) is 0.806. The molecule has 1 aliphatic heterocycles. The Morgan fingerprint density at radius 3 is 2.63 bits per heavy atom. The topological polar surface area (TPSA) is 38.5 Å². The number of methoxy groups -OCH3 is 1. The molecule has 1 heterocycles. The van der Waals surface area contributed by atoms with Crippen molar-refractivity contribution in [3.63, 3.8) is 0 Å². The molecule has 1 fully saturated rings. The highest BCUT2D eigenvalue weighted by atomic mass is 35.5.